The van der Waals surface area contributed by atoms with Crippen molar-refractivity contribution in [2.24, 2.45) is 0 Å². The van der Waals surface area contributed by atoms with Crippen LogP contribution in [0.5, 0.6) is 5.75 Å². The molecule has 0 radical (unpaired) electrons. The van der Waals surface area contributed by atoms with Gasteiger partial charge in [-0.3, -0.25) is 9.69 Å². The van der Waals surface area contributed by atoms with Gasteiger partial charge >= 0.3 is 0 Å². The van der Waals surface area contributed by atoms with Gasteiger partial charge in [0.25, 0.3) is 5.91 Å². The maximum atomic E-state index is 12.0. The largest absolute Gasteiger partial charge is 0.507 e. The minimum absolute atomic E-state index is 0.0482. The standard InChI is InChI=1S/C14H18N2O2/c17-13-4-2-1-3-12(13)14(18)15-10-7-8-16(9-10)11-5-6-11/h1-4,10-11,17H,5-9H2,(H,15,18). The van der Waals surface area contributed by atoms with E-state index >= 15 is 0 Å². The predicted molar refractivity (Wildman–Crippen MR) is 68.6 cm³/mol. The Labute approximate surface area is 107 Å². The summed E-state index contributed by atoms with van der Waals surface area (Å²) in [5.41, 5.74) is 0.363. The molecule has 1 atom stereocenters. The summed E-state index contributed by atoms with van der Waals surface area (Å²) in [6.45, 7) is 2.03. The van der Waals surface area contributed by atoms with Crippen molar-refractivity contribution in [3.8, 4) is 5.75 Å². The molecule has 2 N–H and O–H groups in total. The van der Waals surface area contributed by atoms with Crippen LogP contribution in [0.15, 0.2) is 24.3 Å². The fraction of sp³-hybridized carbons (Fsp3) is 0.500. The molecule has 1 saturated carbocycles. The number of para-hydroxylation sites is 1. The average molecular weight is 246 g/mol. The van der Waals surface area contributed by atoms with Crippen molar-refractivity contribution in [3.05, 3.63) is 29.8 Å². The summed E-state index contributed by atoms with van der Waals surface area (Å²) in [5.74, 6) is -0.122. The fourth-order valence-electron chi connectivity index (χ4n) is 2.61. The van der Waals surface area contributed by atoms with Crippen molar-refractivity contribution in [2.45, 2.75) is 31.3 Å². The third-order valence-corrected chi connectivity index (χ3v) is 3.77. The lowest BCUT2D eigenvalue weighted by atomic mass is 10.1. The number of likely N-dealkylation sites (tertiary alicyclic amines) is 1. The first kappa shape index (κ1) is 11.5. The molecule has 1 saturated heterocycles. The van der Waals surface area contributed by atoms with Gasteiger partial charge in [-0.1, -0.05) is 12.1 Å². The quantitative estimate of drug-likeness (QED) is 0.846. The third kappa shape index (κ3) is 2.34. The van der Waals surface area contributed by atoms with Crippen LogP contribution in [-0.4, -0.2) is 41.1 Å². The predicted octanol–water partition coefficient (Wildman–Crippen LogP) is 1.36. The molecule has 1 aromatic rings. The molecule has 0 spiro atoms. The molecular formula is C14H18N2O2. The first-order chi connectivity index (χ1) is 8.74. The maximum absolute atomic E-state index is 12.0. The summed E-state index contributed by atoms with van der Waals surface area (Å²) in [6.07, 6.45) is 3.62. The van der Waals surface area contributed by atoms with Gasteiger partial charge in [0, 0.05) is 25.2 Å². The average Bonchev–Trinajstić information content (AvgIpc) is 3.11. The number of carbonyl (C=O) groups is 1. The molecule has 1 amide bonds. The number of phenolic OH excluding ortho intramolecular Hbond substituents is 1. The van der Waals surface area contributed by atoms with Crippen LogP contribution in [0.4, 0.5) is 0 Å². The number of nitrogens with one attached hydrogen (secondary N) is 1. The zero-order valence-corrected chi connectivity index (χ0v) is 10.3. The number of carbonyl (C=O) groups excluding carboxylic acids is 1. The van der Waals surface area contributed by atoms with Crippen molar-refractivity contribution in [3.63, 3.8) is 0 Å². The highest BCUT2D eigenvalue weighted by Gasteiger charge is 2.34. The van der Waals surface area contributed by atoms with Crippen LogP contribution in [0, 0.1) is 0 Å². The maximum Gasteiger partial charge on any atom is 0.255 e. The highest BCUT2D eigenvalue weighted by molar-refractivity contribution is 5.96. The molecule has 1 aliphatic heterocycles. The lowest BCUT2D eigenvalue weighted by Gasteiger charge is -2.16. The normalized spacial score (nSPS) is 24.1. The summed E-state index contributed by atoms with van der Waals surface area (Å²) in [7, 11) is 0. The second kappa shape index (κ2) is 4.61. The summed E-state index contributed by atoms with van der Waals surface area (Å²) in [5, 5.41) is 12.6. The van der Waals surface area contributed by atoms with Gasteiger partial charge < -0.3 is 10.4 Å². The molecule has 1 heterocycles. The van der Waals surface area contributed by atoms with Crippen LogP contribution in [0.1, 0.15) is 29.6 Å². The molecule has 1 aliphatic carbocycles. The third-order valence-electron chi connectivity index (χ3n) is 3.77. The Hall–Kier alpha value is -1.55. The van der Waals surface area contributed by atoms with E-state index in [1.807, 2.05) is 0 Å². The van der Waals surface area contributed by atoms with Gasteiger partial charge in [-0.15, -0.1) is 0 Å². The number of aromatic hydroxyl groups is 1. The van der Waals surface area contributed by atoms with Crippen LogP contribution in [0.2, 0.25) is 0 Å². The molecule has 0 bridgehead atoms. The minimum atomic E-state index is -0.171. The van der Waals surface area contributed by atoms with Gasteiger partial charge in [0.05, 0.1) is 5.56 Å². The zero-order valence-electron chi connectivity index (χ0n) is 10.3. The molecule has 18 heavy (non-hydrogen) atoms. The molecule has 0 aromatic heterocycles. The second-order valence-electron chi connectivity index (χ2n) is 5.20. The highest BCUT2D eigenvalue weighted by Crippen LogP contribution is 2.29. The van der Waals surface area contributed by atoms with E-state index in [-0.39, 0.29) is 17.7 Å². The lowest BCUT2D eigenvalue weighted by molar-refractivity contribution is 0.0935. The Morgan fingerprint density at radius 3 is 2.78 bits per heavy atom. The van der Waals surface area contributed by atoms with Crippen LogP contribution >= 0.6 is 0 Å². The van der Waals surface area contributed by atoms with E-state index in [0.717, 1.165) is 25.6 Å². The summed E-state index contributed by atoms with van der Waals surface area (Å²) >= 11 is 0. The van der Waals surface area contributed by atoms with Crippen molar-refractivity contribution >= 4 is 5.91 Å². The fourth-order valence-corrected chi connectivity index (χ4v) is 2.61. The van der Waals surface area contributed by atoms with E-state index in [9.17, 15) is 9.90 Å². The van der Waals surface area contributed by atoms with E-state index in [1.54, 1.807) is 24.3 Å². The Morgan fingerprint density at radius 2 is 2.06 bits per heavy atom. The van der Waals surface area contributed by atoms with Gasteiger partial charge in [-0.25, -0.2) is 0 Å². The molecule has 4 nitrogen and oxygen atoms in total. The number of hydrogen-bond acceptors (Lipinski definition) is 3. The van der Waals surface area contributed by atoms with E-state index in [0.29, 0.717) is 5.56 Å². The Morgan fingerprint density at radius 1 is 1.28 bits per heavy atom. The number of rotatable bonds is 3. The van der Waals surface area contributed by atoms with Gasteiger partial charge in [-0.05, 0) is 31.4 Å². The lowest BCUT2D eigenvalue weighted by Crippen LogP contribution is -2.37. The van der Waals surface area contributed by atoms with Crippen LogP contribution < -0.4 is 5.32 Å². The topological polar surface area (TPSA) is 52.6 Å². The number of phenols is 1. The first-order valence-corrected chi connectivity index (χ1v) is 6.57. The van der Waals surface area contributed by atoms with Crippen LogP contribution in [0.3, 0.4) is 0 Å². The van der Waals surface area contributed by atoms with Gasteiger partial charge in [-0.2, -0.15) is 0 Å². The van der Waals surface area contributed by atoms with E-state index in [2.05, 4.69) is 10.2 Å². The number of hydrogen-bond donors (Lipinski definition) is 2. The molecule has 2 aliphatic rings. The molecule has 3 rings (SSSR count). The van der Waals surface area contributed by atoms with Crippen molar-refractivity contribution in [1.82, 2.24) is 10.2 Å². The van der Waals surface area contributed by atoms with E-state index in [4.69, 9.17) is 0 Å². The summed E-state index contributed by atoms with van der Waals surface area (Å²) in [4.78, 5) is 14.5. The number of nitrogens with zero attached hydrogens (tertiary/aromatic N) is 1. The number of benzene rings is 1. The zero-order chi connectivity index (χ0) is 12.5. The second-order valence-corrected chi connectivity index (χ2v) is 5.20. The van der Waals surface area contributed by atoms with Gasteiger partial charge in [0.15, 0.2) is 0 Å². The molecular weight excluding hydrogens is 228 g/mol. The smallest absolute Gasteiger partial charge is 0.255 e. The van der Waals surface area contributed by atoms with Crippen molar-refractivity contribution in [1.29, 1.82) is 0 Å². The first-order valence-electron chi connectivity index (χ1n) is 6.57. The summed E-state index contributed by atoms with van der Waals surface area (Å²) < 4.78 is 0. The van der Waals surface area contributed by atoms with E-state index < -0.39 is 0 Å². The molecule has 96 valence electrons. The van der Waals surface area contributed by atoms with Crippen LogP contribution in [-0.2, 0) is 0 Å². The van der Waals surface area contributed by atoms with Crippen molar-refractivity contribution < 1.29 is 9.90 Å². The summed E-state index contributed by atoms with van der Waals surface area (Å²) in [6, 6.07) is 7.66. The minimum Gasteiger partial charge on any atom is -0.507 e. The Balaban J connectivity index is 1.60. The molecule has 2 fully saturated rings. The molecule has 1 aromatic carbocycles. The Kier molecular flexibility index (Phi) is 2.96. The molecule has 4 heteroatoms. The molecule has 1 unspecified atom stereocenters. The Bertz CT molecular complexity index is 457. The number of amides is 1. The van der Waals surface area contributed by atoms with Crippen LogP contribution in [0.25, 0.3) is 0 Å². The monoisotopic (exact) mass is 246 g/mol. The van der Waals surface area contributed by atoms with Gasteiger partial charge in [0.2, 0.25) is 0 Å². The van der Waals surface area contributed by atoms with Gasteiger partial charge in [0.1, 0.15) is 5.75 Å². The van der Waals surface area contributed by atoms with E-state index in [1.165, 1.54) is 12.8 Å². The van der Waals surface area contributed by atoms with Crippen molar-refractivity contribution in [2.75, 3.05) is 13.1 Å². The SMILES string of the molecule is O=C(NC1CCN(C2CC2)C1)c1ccccc1O. The highest BCUT2D eigenvalue weighted by atomic mass is 16.3.